The van der Waals surface area contributed by atoms with E-state index in [1.165, 1.54) is 4.90 Å². The Kier molecular flexibility index (Phi) is 5.87. The first-order valence-electron chi connectivity index (χ1n) is 10.5. The van der Waals surface area contributed by atoms with E-state index < -0.39 is 40.4 Å². The van der Waals surface area contributed by atoms with Crippen molar-refractivity contribution in [2.24, 2.45) is 0 Å². The zero-order chi connectivity index (χ0) is 22.2. The fraction of sp³-hybridized carbons (Fsp3) is 0.435. The Morgan fingerprint density at radius 1 is 1.13 bits per heavy atom. The highest BCUT2D eigenvalue weighted by molar-refractivity contribution is 7.88. The van der Waals surface area contributed by atoms with Crippen LogP contribution in [0.2, 0.25) is 0 Å². The lowest BCUT2D eigenvalue weighted by Crippen LogP contribution is -2.60. The maximum atomic E-state index is 15.0. The molecule has 4 rings (SSSR count). The Bertz CT molecular complexity index is 1090. The number of amides is 1. The molecule has 8 heteroatoms. The average Bonchev–Trinajstić information content (AvgIpc) is 2.72. The number of aryl methyl sites for hydroxylation is 1. The number of rotatable bonds is 2. The van der Waals surface area contributed by atoms with Crippen molar-refractivity contribution >= 4 is 15.9 Å². The van der Waals surface area contributed by atoms with Crippen molar-refractivity contribution in [3.8, 4) is 11.1 Å². The number of benzene rings is 2. The number of piperidine rings is 1. The molecule has 2 aromatic carbocycles. The molecule has 0 aliphatic carbocycles. The van der Waals surface area contributed by atoms with Crippen LogP contribution in [0.25, 0.3) is 11.1 Å². The van der Waals surface area contributed by atoms with Gasteiger partial charge >= 0.3 is 5.92 Å². The Balaban J connectivity index is 1.82. The zero-order valence-corrected chi connectivity index (χ0v) is 18.2. The molecule has 31 heavy (non-hydrogen) atoms. The summed E-state index contributed by atoms with van der Waals surface area (Å²) in [6.07, 6.45) is 1.79. The van der Waals surface area contributed by atoms with Gasteiger partial charge in [-0.15, -0.1) is 0 Å². The van der Waals surface area contributed by atoms with Gasteiger partial charge in [0.25, 0.3) is 5.91 Å². The van der Waals surface area contributed by atoms with E-state index in [0.29, 0.717) is 19.3 Å². The number of hydrogen-bond donors (Lipinski definition) is 1. The first-order chi connectivity index (χ1) is 14.6. The van der Waals surface area contributed by atoms with Crippen molar-refractivity contribution in [3.05, 3.63) is 59.7 Å². The molecule has 5 nitrogen and oxygen atoms in total. The van der Waals surface area contributed by atoms with Crippen molar-refractivity contribution in [2.75, 3.05) is 12.8 Å². The number of carbonyl (C=O) groups excluding carboxylic acids is 1. The first-order valence-corrected chi connectivity index (χ1v) is 12.4. The van der Waals surface area contributed by atoms with E-state index in [0.717, 1.165) is 28.5 Å². The normalized spacial score (nSPS) is 23.8. The summed E-state index contributed by atoms with van der Waals surface area (Å²) in [6.45, 7) is 0.192. The van der Waals surface area contributed by atoms with Gasteiger partial charge in [-0.05, 0) is 47.9 Å². The molecule has 0 spiro atoms. The van der Waals surface area contributed by atoms with Crippen LogP contribution >= 0.6 is 0 Å². The number of alkyl halides is 2. The van der Waals surface area contributed by atoms with Crippen LogP contribution in [0.15, 0.2) is 48.5 Å². The number of halogens is 2. The van der Waals surface area contributed by atoms with E-state index in [-0.39, 0.29) is 13.0 Å². The fourth-order valence-electron chi connectivity index (χ4n) is 4.71. The number of carbonyl (C=O) groups is 1. The van der Waals surface area contributed by atoms with E-state index in [1.54, 1.807) is 0 Å². The van der Waals surface area contributed by atoms with Crippen molar-refractivity contribution in [3.63, 3.8) is 0 Å². The van der Waals surface area contributed by atoms with Crippen molar-refractivity contribution in [1.29, 1.82) is 0 Å². The Morgan fingerprint density at radius 2 is 1.90 bits per heavy atom. The molecular formula is C23H26F2N2O3S. The maximum Gasteiger partial charge on any atom is 0.325 e. The van der Waals surface area contributed by atoms with Crippen molar-refractivity contribution in [1.82, 2.24) is 9.62 Å². The summed E-state index contributed by atoms with van der Waals surface area (Å²) < 4.78 is 56.5. The summed E-state index contributed by atoms with van der Waals surface area (Å²) in [5.74, 6) is -4.74. The molecule has 2 aromatic rings. The van der Waals surface area contributed by atoms with Crippen LogP contribution in [0.4, 0.5) is 8.78 Å². The largest absolute Gasteiger partial charge is 0.333 e. The van der Waals surface area contributed by atoms with Gasteiger partial charge in [0.15, 0.2) is 0 Å². The lowest BCUT2D eigenvalue weighted by Gasteiger charge is -2.43. The molecule has 0 aromatic heterocycles. The van der Waals surface area contributed by atoms with Crippen LogP contribution in [0.5, 0.6) is 0 Å². The summed E-state index contributed by atoms with van der Waals surface area (Å²) in [4.78, 5) is 14.2. The molecule has 0 radical (unpaired) electrons. The summed E-state index contributed by atoms with van der Waals surface area (Å²) in [5, 5.41) is 0. The molecule has 2 bridgehead atoms. The van der Waals surface area contributed by atoms with Gasteiger partial charge in [-0.1, -0.05) is 48.5 Å². The molecule has 2 unspecified atom stereocenters. The SMILES string of the molecule is CS(=O)(=O)NC1CCCN2C(=O)C(F)(F)CCc3ccccc3-c3cccc(c3)CC12. The average molecular weight is 449 g/mol. The molecular weight excluding hydrogens is 422 g/mol. The van der Waals surface area contributed by atoms with Gasteiger partial charge in [-0.2, -0.15) is 8.78 Å². The summed E-state index contributed by atoms with van der Waals surface area (Å²) in [5.41, 5.74) is 3.46. The van der Waals surface area contributed by atoms with Crippen LogP contribution in [0.3, 0.4) is 0 Å². The minimum absolute atomic E-state index is 0.0721. The summed E-state index contributed by atoms with van der Waals surface area (Å²) in [6, 6.07) is 13.9. The first kappa shape index (κ1) is 21.9. The zero-order valence-electron chi connectivity index (χ0n) is 17.4. The van der Waals surface area contributed by atoms with Gasteiger partial charge in [0.2, 0.25) is 10.0 Å². The minimum Gasteiger partial charge on any atom is -0.333 e. The Hall–Kier alpha value is -2.32. The van der Waals surface area contributed by atoms with E-state index >= 15 is 8.78 Å². The van der Waals surface area contributed by atoms with Gasteiger partial charge in [-0.3, -0.25) is 4.79 Å². The molecule has 2 aliphatic rings. The lowest BCUT2D eigenvalue weighted by atomic mass is 9.88. The molecule has 2 heterocycles. The van der Waals surface area contributed by atoms with E-state index in [1.807, 2.05) is 48.5 Å². The molecule has 1 saturated heterocycles. The van der Waals surface area contributed by atoms with Crippen molar-refractivity contribution in [2.45, 2.75) is 50.1 Å². The third-order valence-corrected chi connectivity index (χ3v) is 6.86. The molecule has 1 fully saturated rings. The van der Waals surface area contributed by atoms with Gasteiger partial charge in [-0.25, -0.2) is 13.1 Å². The number of fused-ring (bicyclic) bond motifs is 5. The predicted octanol–water partition coefficient (Wildman–Crippen LogP) is 3.39. The third-order valence-electron chi connectivity index (χ3n) is 6.13. The number of hydrogen-bond acceptors (Lipinski definition) is 3. The second-order valence-electron chi connectivity index (χ2n) is 8.47. The topological polar surface area (TPSA) is 66.5 Å². The highest BCUT2D eigenvalue weighted by Crippen LogP contribution is 2.33. The van der Waals surface area contributed by atoms with E-state index in [4.69, 9.17) is 0 Å². The highest BCUT2D eigenvalue weighted by atomic mass is 32.2. The molecule has 2 aliphatic heterocycles. The highest BCUT2D eigenvalue weighted by Gasteiger charge is 2.46. The summed E-state index contributed by atoms with van der Waals surface area (Å²) >= 11 is 0. The van der Waals surface area contributed by atoms with Gasteiger partial charge in [0.05, 0.1) is 12.3 Å². The van der Waals surface area contributed by atoms with Gasteiger partial charge in [0.1, 0.15) is 0 Å². The monoisotopic (exact) mass is 448 g/mol. The quantitative estimate of drug-likeness (QED) is 0.766. The lowest BCUT2D eigenvalue weighted by molar-refractivity contribution is -0.162. The Morgan fingerprint density at radius 3 is 2.68 bits per heavy atom. The van der Waals surface area contributed by atoms with Crippen LogP contribution in [-0.4, -0.2) is 50.0 Å². The standard InChI is InChI=1S/C23H26F2N2O3S/c1-31(29,30)26-20-10-5-13-27-21(20)15-16-6-4-8-18(14-16)19-9-3-2-7-17(19)11-12-23(24,25)22(27)28/h2-4,6-9,14,20-21,26H,5,10-13,15H2,1H3. The number of nitrogens with one attached hydrogen (secondary N) is 1. The van der Waals surface area contributed by atoms with Crippen LogP contribution in [0.1, 0.15) is 30.4 Å². The fourth-order valence-corrected chi connectivity index (χ4v) is 5.53. The second kappa shape index (κ2) is 8.31. The van der Waals surface area contributed by atoms with Crippen LogP contribution in [-0.2, 0) is 27.7 Å². The maximum absolute atomic E-state index is 15.0. The van der Waals surface area contributed by atoms with Crippen molar-refractivity contribution < 1.29 is 22.0 Å². The van der Waals surface area contributed by atoms with Crippen LogP contribution < -0.4 is 4.72 Å². The van der Waals surface area contributed by atoms with E-state index in [2.05, 4.69) is 4.72 Å². The smallest absolute Gasteiger partial charge is 0.325 e. The minimum atomic E-state index is -3.56. The number of nitrogens with zero attached hydrogens (tertiary/aromatic N) is 1. The second-order valence-corrected chi connectivity index (χ2v) is 10.3. The Labute approximate surface area is 181 Å². The molecule has 166 valence electrons. The van der Waals surface area contributed by atoms with E-state index in [9.17, 15) is 13.2 Å². The molecule has 2 atom stereocenters. The molecule has 1 amide bonds. The molecule has 0 saturated carbocycles. The van der Waals surface area contributed by atoms with Gasteiger partial charge < -0.3 is 4.90 Å². The van der Waals surface area contributed by atoms with Gasteiger partial charge in [0, 0.05) is 19.0 Å². The predicted molar refractivity (Wildman–Crippen MR) is 115 cm³/mol. The third kappa shape index (κ3) is 4.80. The van der Waals surface area contributed by atoms with Crippen LogP contribution in [0, 0.1) is 0 Å². The number of sulfonamides is 1. The summed E-state index contributed by atoms with van der Waals surface area (Å²) in [7, 11) is -3.56. The molecule has 1 N–H and O–H groups in total.